The molecule has 21 heavy (non-hydrogen) atoms. The van der Waals surface area contributed by atoms with Gasteiger partial charge in [-0.05, 0) is 18.6 Å². The van der Waals surface area contributed by atoms with E-state index in [1.807, 2.05) is 18.2 Å². The van der Waals surface area contributed by atoms with E-state index in [0.29, 0.717) is 25.1 Å². The molecule has 0 bridgehead atoms. The molecule has 0 saturated carbocycles. The van der Waals surface area contributed by atoms with Gasteiger partial charge in [0.05, 0.1) is 24.1 Å². The number of carbonyl (C=O) groups is 1. The second-order valence-corrected chi connectivity index (χ2v) is 5.08. The van der Waals surface area contributed by atoms with Crippen molar-refractivity contribution in [1.82, 2.24) is 20.5 Å². The summed E-state index contributed by atoms with van der Waals surface area (Å²) in [6, 6.07) is 5.77. The number of aromatic amines is 1. The predicted molar refractivity (Wildman–Crippen MR) is 77.0 cm³/mol. The average molecular weight is 286 g/mol. The Hall–Kier alpha value is -2.21. The standard InChI is InChI=1S/C15H18N4O2/c20-15(17-7-4-12-3-1-2-6-16-12)13-9-18-19-14(13)11-5-8-21-10-11/h1-3,6,9,11H,4-5,7-8,10H2,(H,17,20)(H,18,19)/t11-/m1/s1. The summed E-state index contributed by atoms with van der Waals surface area (Å²) in [6.07, 6.45) is 4.98. The molecular formula is C15H18N4O2. The highest BCUT2D eigenvalue weighted by Gasteiger charge is 2.24. The molecule has 0 spiro atoms. The SMILES string of the molecule is O=C(NCCc1ccccn1)c1cn[nH]c1[C@@H]1CCOC1. The van der Waals surface area contributed by atoms with Crippen molar-refractivity contribution < 1.29 is 9.53 Å². The van der Waals surface area contributed by atoms with Crippen LogP contribution in [0.1, 0.15) is 34.1 Å². The van der Waals surface area contributed by atoms with Crippen LogP contribution >= 0.6 is 0 Å². The molecule has 2 aromatic rings. The average Bonchev–Trinajstić information content (AvgIpc) is 3.19. The summed E-state index contributed by atoms with van der Waals surface area (Å²) in [7, 11) is 0. The minimum Gasteiger partial charge on any atom is -0.381 e. The highest BCUT2D eigenvalue weighted by Crippen LogP contribution is 2.25. The largest absolute Gasteiger partial charge is 0.381 e. The summed E-state index contributed by atoms with van der Waals surface area (Å²) < 4.78 is 5.37. The van der Waals surface area contributed by atoms with E-state index in [4.69, 9.17) is 4.74 Å². The van der Waals surface area contributed by atoms with Crippen LogP contribution in [0.5, 0.6) is 0 Å². The van der Waals surface area contributed by atoms with Gasteiger partial charge in [-0.3, -0.25) is 14.9 Å². The van der Waals surface area contributed by atoms with Gasteiger partial charge in [-0.15, -0.1) is 0 Å². The van der Waals surface area contributed by atoms with Crippen LogP contribution in [0.25, 0.3) is 0 Å². The highest BCUT2D eigenvalue weighted by atomic mass is 16.5. The van der Waals surface area contributed by atoms with E-state index >= 15 is 0 Å². The van der Waals surface area contributed by atoms with Gasteiger partial charge in [0.15, 0.2) is 0 Å². The number of ether oxygens (including phenoxy) is 1. The zero-order valence-electron chi connectivity index (χ0n) is 11.7. The van der Waals surface area contributed by atoms with Crippen molar-refractivity contribution in [3.05, 3.63) is 47.5 Å². The Morgan fingerprint density at radius 2 is 2.43 bits per heavy atom. The van der Waals surface area contributed by atoms with E-state index in [2.05, 4.69) is 20.5 Å². The molecule has 1 atom stereocenters. The molecule has 110 valence electrons. The van der Waals surface area contributed by atoms with Crippen molar-refractivity contribution in [2.45, 2.75) is 18.8 Å². The van der Waals surface area contributed by atoms with Crippen molar-refractivity contribution in [1.29, 1.82) is 0 Å². The van der Waals surface area contributed by atoms with Crippen LogP contribution in [-0.4, -0.2) is 40.8 Å². The highest BCUT2D eigenvalue weighted by molar-refractivity contribution is 5.95. The smallest absolute Gasteiger partial charge is 0.254 e. The summed E-state index contributed by atoms with van der Waals surface area (Å²) in [5.74, 6) is 0.144. The molecule has 1 fully saturated rings. The number of nitrogens with zero attached hydrogens (tertiary/aromatic N) is 2. The Bertz CT molecular complexity index is 591. The van der Waals surface area contributed by atoms with E-state index in [-0.39, 0.29) is 11.8 Å². The van der Waals surface area contributed by atoms with Crippen LogP contribution in [0.2, 0.25) is 0 Å². The molecule has 3 heterocycles. The molecule has 0 unspecified atom stereocenters. The number of pyridine rings is 1. The fourth-order valence-electron chi connectivity index (χ4n) is 2.50. The maximum atomic E-state index is 12.2. The van der Waals surface area contributed by atoms with Crippen LogP contribution in [0.4, 0.5) is 0 Å². The van der Waals surface area contributed by atoms with Crippen LogP contribution in [0.3, 0.4) is 0 Å². The van der Waals surface area contributed by atoms with Crippen molar-refractivity contribution in [3.8, 4) is 0 Å². The minimum absolute atomic E-state index is 0.0958. The van der Waals surface area contributed by atoms with Gasteiger partial charge >= 0.3 is 0 Å². The fourth-order valence-corrected chi connectivity index (χ4v) is 2.50. The monoisotopic (exact) mass is 286 g/mol. The topological polar surface area (TPSA) is 79.9 Å². The van der Waals surface area contributed by atoms with Crippen LogP contribution in [0.15, 0.2) is 30.6 Å². The second kappa shape index (κ2) is 6.49. The first kappa shape index (κ1) is 13.8. The molecule has 2 aromatic heterocycles. The number of hydrogen-bond acceptors (Lipinski definition) is 4. The number of rotatable bonds is 5. The van der Waals surface area contributed by atoms with E-state index in [9.17, 15) is 4.79 Å². The van der Waals surface area contributed by atoms with E-state index in [1.54, 1.807) is 12.4 Å². The van der Waals surface area contributed by atoms with E-state index in [0.717, 1.165) is 24.4 Å². The van der Waals surface area contributed by atoms with Gasteiger partial charge in [-0.25, -0.2) is 0 Å². The zero-order chi connectivity index (χ0) is 14.5. The maximum absolute atomic E-state index is 12.2. The normalized spacial score (nSPS) is 17.8. The number of nitrogens with one attached hydrogen (secondary N) is 2. The molecule has 1 amide bonds. The first-order chi connectivity index (χ1) is 10.3. The first-order valence-electron chi connectivity index (χ1n) is 7.13. The van der Waals surface area contributed by atoms with Gasteiger partial charge in [0, 0.05) is 37.4 Å². The molecule has 1 saturated heterocycles. The third kappa shape index (κ3) is 3.28. The summed E-state index contributed by atoms with van der Waals surface area (Å²) in [5.41, 5.74) is 2.46. The lowest BCUT2D eigenvalue weighted by Gasteiger charge is -2.09. The second-order valence-electron chi connectivity index (χ2n) is 5.08. The van der Waals surface area contributed by atoms with Gasteiger partial charge in [-0.2, -0.15) is 5.10 Å². The summed E-state index contributed by atoms with van der Waals surface area (Å²) in [5, 5.41) is 9.85. The molecule has 2 N–H and O–H groups in total. The van der Waals surface area contributed by atoms with Gasteiger partial charge < -0.3 is 10.1 Å². The van der Waals surface area contributed by atoms with Gasteiger partial charge in [-0.1, -0.05) is 6.07 Å². The van der Waals surface area contributed by atoms with Crippen molar-refractivity contribution in [2.75, 3.05) is 19.8 Å². The Morgan fingerprint density at radius 1 is 1.48 bits per heavy atom. The lowest BCUT2D eigenvalue weighted by Crippen LogP contribution is -2.27. The van der Waals surface area contributed by atoms with Crippen molar-refractivity contribution >= 4 is 5.91 Å². The van der Waals surface area contributed by atoms with Gasteiger partial charge in [0.2, 0.25) is 0 Å². The Kier molecular flexibility index (Phi) is 4.25. The molecule has 0 radical (unpaired) electrons. The molecular weight excluding hydrogens is 268 g/mol. The third-order valence-corrected chi connectivity index (χ3v) is 3.64. The van der Waals surface area contributed by atoms with Gasteiger partial charge in [0.1, 0.15) is 0 Å². The van der Waals surface area contributed by atoms with Gasteiger partial charge in [0.25, 0.3) is 5.91 Å². The van der Waals surface area contributed by atoms with Crippen LogP contribution < -0.4 is 5.32 Å². The van der Waals surface area contributed by atoms with Crippen molar-refractivity contribution in [2.24, 2.45) is 0 Å². The Morgan fingerprint density at radius 3 is 3.19 bits per heavy atom. The molecule has 0 aliphatic carbocycles. The lowest BCUT2D eigenvalue weighted by molar-refractivity contribution is 0.0952. The Labute approximate surface area is 122 Å². The number of aromatic nitrogens is 3. The summed E-state index contributed by atoms with van der Waals surface area (Å²) in [4.78, 5) is 16.5. The third-order valence-electron chi connectivity index (χ3n) is 3.64. The predicted octanol–water partition coefficient (Wildman–Crippen LogP) is 1.28. The molecule has 6 heteroatoms. The molecule has 0 aromatic carbocycles. The zero-order valence-corrected chi connectivity index (χ0v) is 11.7. The maximum Gasteiger partial charge on any atom is 0.254 e. The summed E-state index contributed by atoms with van der Waals surface area (Å²) >= 11 is 0. The van der Waals surface area contributed by atoms with Crippen LogP contribution in [-0.2, 0) is 11.2 Å². The lowest BCUT2D eigenvalue weighted by atomic mass is 10.0. The number of H-pyrrole nitrogens is 1. The van der Waals surface area contributed by atoms with Crippen LogP contribution in [0, 0.1) is 0 Å². The summed E-state index contributed by atoms with van der Waals surface area (Å²) in [6.45, 7) is 1.95. The fraction of sp³-hybridized carbons (Fsp3) is 0.400. The van der Waals surface area contributed by atoms with E-state index in [1.165, 1.54) is 0 Å². The number of hydrogen-bond donors (Lipinski definition) is 2. The van der Waals surface area contributed by atoms with E-state index < -0.39 is 0 Å². The van der Waals surface area contributed by atoms with Crippen molar-refractivity contribution in [3.63, 3.8) is 0 Å². The number of carbonyl (C=O) groups excluding carboxylic acids is 1. The Balaban J connectivity index is 1.57. The molecule has 1 aliphatic rings. The minimum atomic E-state index is -0.0958. The molecule has 1 aliphatic heterocycles. The molecule has 6 nitrogen and oxygen atoms in total. The number of amides is 1. The first-order valence-corrected chi connectivity index (χ1v) is 7.13. The molecule has 3 rings (SSSR count). The quantitative estimate of drug-likeness (QED) is 0.867.